The second-order valence-corrected chi connectivity index (χ2v) is 12.3. The summed E-state index contributed by atoms with van der Waals surface area (Å²) in [5.74, 6) is -0.679. The highest BCUT2D eigenvalue weighted by atomic mass is 32.2. The van der Waals surface area contributed by atoms with Gasteiger partial charge in [0.05, 0.1) is 23.8 Å². The summed E-state index contributed by atoms with van der Waals surface area (Å²) in [5.41, 5.74) is 3.00. The van der Waals surface area contributed by atoms with Crippen LogP contribution >= 0.6 is 0 Å². The van der Waals surface area contributed by atoms with Gasteiger partial charge in [-0.05, 0) is 63.3 Å². The number of benzene rings is 1. The number of piperidine rings is 1. The summed E-state index contributed by atoms with van der Waals surface area (Å²) >= 11 is 0. The maximum absolute atomic E-state index is 13.5. The highest BCUT2D eigenvalue weighted by molar-refractivity contribution is 7.90. The van der Waals surface area contributed by atoms with Crippen molar-refractivity contribution in [2.24, 2.45) is 5.92 Å². The first-order valence-corrected chi connectivity index (χ1v) is 15.1. The summed E-state index contributed by atoms with van der Waals surface area (Å²) in [4.78, 5) is 30.0. The van der Waals surface area contributed by atoms with E-state index in [4.69, 9.17) is 9.47 Å². The van der Waals surface area contributed by atoms with E-state index < -0.39 is 10.0 Å². The van der Waals surface area contributed by atoms with Gasteiger partial charge >= 0.3 is 5.97 Å². The van der Waals surface area contributed by atoms with E-state index in [1.54, 1.807) is 30.9 Å². The predicted molar refractivity (Wildman–Crippen MR) is 140 cm³/mol. The molecule has 202 valence electrons. The molecule has 0 aliphatic carbocycles. The number of fused-ring (bicyclic) bond motifs is 3. The first-order chi connectivity index (χ1) is 17.8. The van der Waals surface area contributed by atoms with Crippen LogP contribution in [0.1, 0.15) is 61.1 Å². The lowest BCUT2D eigenvalue weighted by Crippen LogP contribution is -2.43. The molecule has 0 radical (unpaired) electrons. The van der Waals surface area contributed by atoms with Gasteiger partial charge in [0, 0.05) is 68.5 Å². The zero-order valence-corrected chi connectivity index (χ0v) is 22.6. The van der Waals surface area contributed by atoms with Crippen molar-refractivity contribution in [1.82, 2.24) is 13.8 Å². The maximum Gasteiger partial charge on any atom is 0.310 e. The van der Waals surface area contributed by atoms with Crippen LogP contribution in [0, 0.1) is 5.92 Å². The van der Waals surface area contributed by atoms with Gasteiger partial charge in [-0.2, -0.15) is 0 Å². The minimum absolute atomic E-state index is 0.0105. The Morgan fingerprint density at radius 3 is 2.62 bits per heavy atom. The molecule has 2 aromatic rings. The quantitative estimate of drug-likeness (QED) is 0.529. The van der Waals surface area contributed by atoms with Crippen molar-refractivity contribution in [1.29, 1.82) is 0 Å². The summed E-state index contributed by atoms with van der Waals surface area (Å²) in [6, 6.07) is 5.78. The monoisotopic (exact) mass is 531 g/mol. The molecule has 1 atom stereocenters. The van der Waals surface area contributed by atoms with E-state index in [1.165, 1.54) is 3.97 Å². The van der Waals surface area contributed by atoms with Gasteiger partial charge < -0.3 is 14.4 Å². The average molecular weight is 532 g/mol. The number of esters is 1. The Morgan fingerprint density at radius 1 is 1.11 bits per heavy atom. The number of likely N-dealkylation sites (tertiary alicyclic amines) is 1. The van der Waals surface area contributed by atoms with E-state index in [0.29, 0.717) is 49.8 Å². The Balaban J connectivity index is 1.50. The molecule has 4 heterocycles. The lowest BCUT2D eigenvalue weighted by Gasteiger charge is -2.37. The van der Waals surface area contributed by atoms with Crippen LogP contribution in [0.4, 0.5) is 0 Å². The van der Waals surface area contributed by atoms with Gasteiger partial charge in [0.2, 0.25) is 10.0 Å². The lowest BCUT2D eigenvalue weighted by atomic mass is 9.96. The van der Waals surface area contributed by atoms with E-state index in [9.17, 15) is 18.0 Å². The molecule has 1 amide bonds. The van der Waals surface area contributed by atoms with E-state index in [2.05, 4.69) is 4.90 Å². The van der Waals surface area contributed by atoms with Crippen LogP contribution < -0.4 is 0 Å². The molecular formula is C27H37N3O6S. The number of hydrogen-bond donors (Lipinski definition) is 0. The molecule has 0 spiro atoms. The van der Waals surface area contributed by atoms with Crippen LogP contribution in [0.3, 0.4) is 0 Å². The molecule has 0 unspecified atom stereocenters. The number of carbonyl (C=O) groups is 2. The van der Waals surface area contributed by atoms with Gasteiger partial charge in [0.15, 0.2) is 0 Å². The number of aromatic nitrogens is 1. The fourth-order valence-electron chi connectivity index (χ4n) is 6.08. The Kier molecular flexibility index (Phi) is 7.60. The molecule has 3 aliphatic rings. The van der Waals surface area contributed by atoms with Crippen molar-refractivity contribution in [3.63, 3.8) is 0 Å². The molecule has 0 saturated carbocycles. The van der Waals surface area contributed by atoms with Crippen molar-refractivity contribution in [3.8, 4) is 0 Å². The number of hydrogen-bond acceptors (Lipinski definition) is 7. The Bertz CT molecular complexity index is 1280. The summed E-state index contributed by atoms with van der Waals surface area (Å²) in [5, 5.41) is 0.827. The average Bonchev–Trinajstić information content (AvgIpc) is 3.27. The van der Waals surface area contributed by atoms with Gasteiger partial charge in [-0.1, -0.05) is 0 Å². The summed E-state index contributed by atoms with van der Waals surface area (Å²) in [7, 11) is -3.51. The summed E-state index contributed by atoms with van der Waals surface area (Å²) in [6.07, 6.45) is 4.06. The van der Waals surface area contributed by atoms with E-state index in [1.807, 2.05) is 6.07 Å². The normalized spacial score (nSPS) is 21.7. The Morgan fingerprint density at radius 2 is 1.89 bits per heavy atom. The summed E-state index contributed by atoms with van der Waals surface area (Å²) in [6.45, 7) is 7.68. The topological polar surface area (TPSA) is 98.2 Å². The third-order valence-electron chi connectivity index (χ3n) is 8.06. The van der Waals surface area contributed by atoms with Crippen LogP contribution in [0.15, 0.2) is 18.2 Å². The van der Waals surface area contributed by atoms with Crippen molar-refractivity contribution >= 4 is 32.8 Å². The first-order valence-electron chi connectivity index (χ1n) is 13.5. The van der Waals surface area contributed by atoms with Gasteiger partial charge in [-0.15, -0.1) is 0 Å². The van der Waals surface area contributed by atoms with Gasteiger partial charge in [-0.3, -0.25) is 14.5 Å². The van der Waals surface area contributed by atoms with Crippen molar-refractivity contribution in [2.45, 2.75) is 58.5 Å². The van der Waals surface area contributed by atoms with Crippen LogP contribution in [-0.4, -0.2) is 85.3 Å². The van der Waals surface area contributed by atoms with Crippen molar-refractivity contribution in [3.05, 3.63) is 35.0 Å². The number of amides is 1. The number of nitrogens with zero attached hydrogens (tertiary/aromatic N) is 3. The lowest BCUT2D eigenvalue weighted by molar-refractivity contribution is -0.149. The molecule has 1 aromatic heterocycles. The third kappa shape index (κ3) is 5.03. The second kappa shape index (κ2) is 10.7. The minimum atomic E-state index is -3.51. The minimum Gasteiger partial charge on any atom is -0.466 e. The smallest absolute Gasteiger partial charge is 0.310 e. The van der Waals surface area contributed by atoms with Gasteiger partial charge in [0.1, 0.15) is 0 Å². The number of carbonyl (C=O) groups excluding carboxylic acids is 2. The SMILES string of the molecule is CCOC(=O)[C@H]1CCCN(C(=O)c2ccc3c(c2)c2c(n3S(=O)(=O)CC)CCN(C3CCOCC3)C2)C1. The molecule has 5 rings (SSSR count). The predicted octanol–water partition coefficient (Wildman–Crippen LogP) is 2.79. The van der Waals surface area contributed by atoms with E-state index in [-0.39, 0.29) is 23.5 Å². The molecule has 0 bridgehead atoms. The fourth-order valence-corrected chi connectivity index (χ4v) is 7.33. The van der Waals surface area contributed by atoms with Gasteiger partial charge in [0.25, 0.3) is 5.91 Å². The molecular weight excluding hydrogens is 494 g/mol. The molecule has 0 N–H and O–H groups in total. The molecule has 37 heavy (non-hydrogen) atoms. The standard InChI is InChI=1S/C27H37N3O6S/c1-3-36-27(32)20-6-5-12-29(17-20)26(31)19-7-8-24-22(16-19)23-18-28(21-10-14-35-15-11-21)13-9-25(23)30(24)37(33,34)4-2/h7-8,16,20-21H,3-6,9-15,17-18H2,1-2H3/t20-/m0/s1. The first kappa shape index (κ1) is 26.2. The van der Waals surface area contributed by atoms with Crippen LogP contribution in [0.2, 0.25) is 0 Å². The molecule has 3 aliphatic heterocycles. The Labute approximate surface area is 218 Å². The molecule has 2 fully saturated rings. The maximum atomic E-state index is 13.5. The van der Waals surface area contributed by atoms with Crippen molar-refractivity contribution in [2.75, 3.05) is 45.2 Å². The highest BCUT2D eigenvalue weighted by Gasteiger charge is 2.33. The van der Waals surface area contributed by atoms with Crippen LogP contribution in [-0.2, 0) is 37.3 Å². The summed E-state index contributed by atoms with van der Waals surface area (Å²) < 4.78 is 38.6. The highest BCUT2D eigenvalue weighted by Crippen LogP contribution is 2.35. The molecule has 1 aromatic carbocycles. The number of rotatable bonds is 6. The zero-order chi connectivity index (χ0) is 26.2. The molecule has 10 heteroatoms. The van der Waals surface area contributed by atoms with Crippen LogP contribution in [0.25, 0.3) is 10.9 Å². The third-order valence-corrected chi connectivity index (χ3v) is 9.76. The molecule has 2 saturated heterocycles. The zero-order valence-electron chi connectivity index (χ0n) is 21.8. The van der Waals surface area contributed by atoms with Crippen molar-refractivity contribution < 1.29 is 27.5 Å². The van der Waals surface area contributed by atoms with Crippen LogP contribution in [0.5, 0.6) is 0 Å². The number of ether oxygens (including phenoxy) is 2. The largest absolute Gasteiger partial charge is 0.466 e. The fraction of sp³-hybridized carbons (Fsp3) is 0.630. The second-order valence-electron chi connectivity index (χ2n) is 10.2. The van der Waals surface area contributed by atoms with Gasteiger partial charge in [-0.25, -0.2) is 12.4 Å². The molecule has 9 nitrogen and oxygen atoms in total. The van der Waals surface area contributed by atoms with E-state index in [0.717, 1.165) is 62.1 Å². The Hall–Kier alpha value is -2.43. The van der Waals surface area contributed by atoms with E-state index >= 15 is 0 Å².